The Morgan fingerprint density at radius 1 is 1.83 bits per heavy atom. The van der Waals surface area contributed by atoms with Gasteiger partial charge >= 0.3 is 0 Å². The van der Waals surface area contributed by atoms with Crippen LogP contribution >= 0.6 is 0 Å². The molecule has 0 nitrogen and oxygen atoms in total. The van der Waals surface area contributed by atoms with Crippen LogP contribution in [0.25, 0.3) is 0 Å². The molecule has 0 bridgehead atoms. The van der Waals surface area contributed by atoms with Crippen molar-refractivity contribution in [3.05, 3.63) is 11.6 Å². The first-order valence-electron chi connectivity index (χ1n) is 2.17. The van der Waals surface area contributed by atoms with Crippen LogP contribution in [0.15, 0.2) is 11.6 Å². The highest BCUT2D eigenvalue weighted by Gasteiger charge is 2.03. The Morgan fingerprint density at radius 3 is 2.67 bits per heavy atom. The molecule has 1 aliphatic rings. The standard InChI is InChI=1S/C5H7F/c6-4-3-5-1-2-5/h1H,2-4H2. The van der Waals surface area contributed by atoms with E-state index in [0.717, 1.165) is 6.42 Å². The second-order valence-electron chi connectivity index (χ2n) is 1.51. The van der Waals surface area contributed by atoms with Crippen LogP contribution in [0.3, 0.4) is 0 Å². The van der Waals surface area contributed by atoms with Crippen molar-refractivity contribution in [2.45, 2.75) is 12.8 Å². The van der Waals surface area contributed by atoms with E-state index in [4.69, 9.17) is 0 Å². The minimum absolute atomic E-state index is 0.175. The Morgan fingerprint density at radius 2 is 2.50 bits per heavy atom. The summed E-state index contributed by atoms with van der Waals surface area (Å²) in [5.74, 6) is 0. The third-order valence-corrected chi connectivity index (χ3v) is 0.908. The van der Waals surface area contributed by atoms with Crippen molar-refractivity contribution in [2.24, 2.45) is 0 Å². The summed E-state index contributed by atoms with van der Waals surface area (Å²) in [4.78, 5) is 0. The first-order chi connectivity index (χ1) is 2.93. The van der Waals surface area contributed by atoms with Crippen LogP contribution in [0.2, 0.25) is 0 Å². The van der Waals surface area contributed by atoms with E-state index in [0.29, 0.717) is 6.42 Å². The number of halogens is 1. The van der Waals surface area contributed by atoms with Gasteiger partial charge in [-0.1, -0.05) is 11.6 Å². The highest BCUT2D eigenvalue weighted by Crippen LogP contribution is 2.21. The molecule has 1 heteroatoms. The van der Waals surface area contributed by atoms with Gasteiger partial charge in [0, 0.05) is 0 Å². The van der Waals surface area contributed by atoms with Crippen molar-refractivity contribution in [1.29, 1.82) is 0 Å². The molecule has 0 saturated carbocycles. The molecule has 0 atom stereocenters. The maximum Gasteiger partial charge on any atom is 0.0931 e. The normalized spacial score (nSPS) is 17.2. The van der Waals surface area contributed by atoms with Crippen LogP contribution < -0.4 is 0 Å². The monoisotopic (exact) mass is 86.1 g/mol. The number of hydrogen-bond acceptors (Lipinski definition) is 0. The molecule has 0 radical (unpaired) electrons. The summed E-state index contributed by atoms with van der Waals surface area (Å²) < 4.78 is 11.2. The zero-order chi connectivity index (χ0) is 4.41. The average molecular weight is 86.1 g/mol. The summed E-state index contributed by atoms with van der Waals surface area (Å²) in [7, 11) is 0. The summed E-state index contributed by atoms with van der Waals surface area (Å²) >= 11 is 0. The van der Waals surface area contributed by atoms with Crippen molar-refractivity contribution in [3.8, 4) is 0 Å². The van der Waals surface area contributed by atoms with E-state index in [9.17, 15) is 4.39 Å². The van der Waals surface area contributed by atoms with Gasteiger partial charge in [-0.15, -0.1) is 0 Å². The van der Waals surface area contributed by atoms with Crippen molar-refractivity contribution in [1.82, 2.24) is 0 Å². The molecule has 0 fully saturated rings. The molecular weight excluding hydrogens is 79.1 g/mol. The summed E-state index contributed by atoms with van der Waals surface area (Å²) in [5.41, 5.74) is 1.29. The van der Waals surface area contributed by atoms with Crippen LogP contribution in [0.5, 0.6) is 0 Å². The Balaban J connectivity index is 2.02. The van der Waals surface area contributed by atoms with E-state index in [-0.39, 0.29) is 6.67 Å². The maximum absolute atomic E-state index is 11.2. The molecule has 0 amide bonds. The Kier molecular flexibility index (Phi) is 0.906. The fourth-order valence-electron chi connectivity index (χ4n) is 0.398. The fourth-order valence-corrected chi connectivity index (χ4v) is 0.398. The molecule has 1 aliphatic carbocycles. The van der Waals surface area contributed by atoms with Crippen LogP contribution in [-0.2, 0) is 0 Å². The smallest absolute Gasteiger partial charge is 0.0931 e. The zero-order valence-corrected chi connectivity index (χ0v) is 3.58. The van der Waals surface area contributed by atoms with E-state index >= 15 is 0 Å². The average Bonchev–Trinajstić information content (AvgIpc) is 2.21. The topological polar surface area (TPSA) is 0 Å². The number of hydrogen-bond donors (Lipinski definition) is 0. The summed E-state index contributed by atoms with van der Waals surface area (Å²) in [5, 5.41) is 0. The Hall–Kier alpha value is -0.330. The zero-order valence-electron chi connectivity index (χ0n) is 3.58. The lowest BCUT2D eigenvalue weighted by atomic mass is 10.4. The van der Waals surface area contributed by atoms with Crippen LogP contribution in [-0.4, -0.2) is 6.67 Å². The largest absolute Gasteiger partial charge is 0.251 e. The number of allylic oxidation sites excluding steroid dienone is 2. The third kappa shape index (κ3) is 0.814. The molecular formula is C5H7F. The maximum atomic E-state index is 11.2. The number of rotatable bonds is 2. The van der Waals surface area contributed by atoms with Gasteiger partial charge in [-0.05, 0) is 12.8 Å². The van der Waals surface area contributed by atoms with Crippen molar-refractivity contribution in [3.63, 3.8) is 0 Å². The Labute approximate surface area is 36.7 Å². The lowest BCUT2D eigenvalue weighted by molar-refractivity contribution is 0.497. The lowest BCUT2D eigenvalue weighted by Crippen LogP contribution is -1.67. The summed E-state index contributed by atoms with van der Waals surface area (Å²) in [6.07, 6.45) is 3.81. The second-order valence-corrected chi connectivity index (χ2v) is 1.51. The molecule has 0 heterocycles. The summed E-state index contributed by atoms with van der Waals surface area (Å²) in [6, 6.07) is 0. The molecule has 0 aliphatic heterocycles. The quantitative estimate of drug-likeness (QED) is 0.448. The van der Waals surface area contributed by atoms with Crippen molar-refractivity contribution < 1.29 is 4.39 Å². The Bertz CT molecular complexity index is 74.0. The van der Waals surface area contributed by atoms with Gasteiger partial charge in [0.2, 0.25) is 0 Å². The van der Waals surface area contributed by atoms with Gasteiger partial charge in [0.1, 0.15) is 0 Å². The molecule has 0 spiro atoms. The molecule has 0 aromatic rings. The highest BCUT2D eigenvalue weighted by molar-refractivity contribution is 5.21. The van der Waals surface area contributed by atoms with Crippen molar-refractivity contribution in [2.75, 3.05) is 6.67 Å². The van der Waals surface area contributed by atoms with Gasteiger partial charge in [-0.3, -0.25) is 4.39 Å². The molecule has 6 heavy (non-hydrogen) atoms. The minimum atomic E-state index is -0.175. The van der Waals surface area contributed by atoms with Crippen LogP contribution in [0.4, 0.5) is 4.39 Å². The first-order valence-corrected chi connectivity index (χ1v) is 2.17. The van der Waals surface area contributed by atoms with E-state index in [2.05, 4.69) is 6.08 Å². The van der Waals surface area contributed by atoms with Crippen molar-refractivity contribution >= 4 is 0 Å². The molecule has 0 saturated heterocycles. The van der Waals surface area contributed by atoms with E-state index in [1.807, 2.05) is 0 Å². The lowest BCUT2D eigenvalue weighted by Gasteiger charge is -1.76. The molecule has 0 N–H and O–H groups in total. The van der Waals surface area contributed by atoms with Gasteiger partial charge in [0.25, 0.3) is 0 Å². The predicted octanol–water partition coefficient (Wildman–Crippen LogP) is 1.68. The molecule has 0 aromatic heterocycles. The van der Waals surface area contributed by atoms with Gasteiger partial charge < -0.3 is 0 Å². The molecule has 34 valence electrons. The van der Waals surface area contributed by atoms with Gasteiger partial charge in [-0.25, -0.2) is 0 Å². The van der Waals surface area contributed by atoms with Gasteiger partial charge in [0.05, 0.1) is 6.67 Å². The molecule has 1 rings (SSSR count). The van der Waals surface area contributed by atoms with Gasteiger partial charge in [-0.2, -0.15) is 0 Å². The van der Waals surface area contributed by atoms with Crippen LogP contribution in [0.1, 0.15) is 12.8 Å². The first kappa shape index (κ1) is 3.85. The van der Waals surface area contributed by atoms with E-state index < -0.39 is 0 Å². The predicted molar refractivity (Wildman–Crippen MR) is 23.3 cm³/mol. The molecule has 0 unspecified atom stereocenters. The SMILES string of the molecule is FCCC1=CC1. The second kappa shape index (κ2) is 1.41. The van der Waals surface area contributed by atoms with E-state index in [1.54, 1.807) is 0 Å². The van der Waals surface area contributed by atoms with E-state index in [1.165, 1.54) is 5.57 Å². The van der Waals surface area contributed by atoms with Crippen LogP contribution in [0, 0.1) is 0 Å². The highest BCUT2D eigenvalue weighted by atomic mass is 19.1. The third-order valence-electron chi connectivity index (χ3n) is 0.908. The number of alkyl halides is 1. The fraction of sp³-hybridized carbons (Fsp3) is 0.600. The minimum Gasteiger partial charge on any atom is -0.251 e. The molecule has 0 aromatic carbocycles. The summed E-state index contributed by atoms with van der Waals surface area (Å²) in [6.45, 7) is -0.175. The van der Waals surface area contributed by atoms with Gasteiger partial charge in [0.15, 0.2) is 0 Å².